The first-order valence-electron chi connectivity index (χ1n) is 9.93. The van der Waals surface area contributed by atoms with Crippen molar-refractivity contribution in [1.29, 1.82) is 0 Å². The Morgan fingerprint density at radius 1 is 1.03 bits per heavy atom. The number of aryl methyl sites for hydroxylation is 1. The average Bonchev–Trinajstić information content (AvgIpc) is 3.37. The molecule has 158 valence electrons. The van der Waals surface area contributed by atoms with Crippen LogP contribution in [0.25, 0.3) is 11.1 Å². The van der Waals surface area contributed by atoms with Crippen molar-refractivity contribution < 1.29 is 17.6 Å². The van der Waals surface area contributed by atoms with E-state index in [0.29, 0.717) is 42.8 Å². The molecule has 1 aliphatic rings. The van der Waals surface area contributed by atoms with E-state index in [0.717, 1.165) is 12.8 Å². The molecule has 1 amide bonds. The highest BCUT2D eigenvalue weighted by Gasteiger charge is 2.26. The Morgan fingerprint density at radius 2 is 1.73 bits per heavy atom. The molecule has 1 saturated heterocycles. The van der Waals surface area contributed by atoms with Gasteiger partial charge in [-0.15, -0.1) is 0 Å². The van der Waals surface area contributed by atoms with Gasteiger partial charge in [-0.2, -0.15) is 4.31 Å². The topological polar surface area (TPSA) is 102 Å². The van der Waals surface area contributed by atoms with Crippen LogP contribution in [0.3, 0.4) is 0 Å². The van der Waals surface area contributed by atoms with Crippen molar-refractivity contribution in [3.05, 3.63) is 59.1 Å². The molecule has 1 fully saturated rings. The Hall–Kier alpha value is -2.91. The summed E-state index contributed by atoms with van der Waals surface area (Å²) in [7, 11) is -3.47. The van der Waals surface area contributed by atoms with Gasteiger partial charge >= 0.3 is 5.76 Å². The summed E-state index contributed by atoms with van der Waals surface area (Å²) in [5.74, 6) is -0.641. The molecule has 1 aliphatic heterocycles. The van der Waals surface area contributed by atoms with Crippen LogP contribution in [-0.4, -0.2) is 36.3 Å². The zero-order chi connectivity index (χ0) is 21.1. The third-order valence-corrected chi connectivity index (χ3v) is 7.11. The van der Waals surface area contributed by atoms with Crippen LogP contribution in [-0.2, 0) is 21.4 Å². The Balaban J connectivity index is 1.33. The van der Waals surface area contributed by atoms with Gasteiger partial charge in [0.15, 0.2) is 5.58 Å². The van der Waals surface area contributed by atoms with Gasteiger partial charge < -0.3 is 9.73 Å². The lowest BCUT2D eigenvalue weighted by molar-refractivity contribution is -0.116. The number of amides is 1. The second-order valence-electron chi connectivity index (χ2n) is 7.27. The molecule has 2 aromatic carbocycles. The number of oxazole rings is 1. The van der Waals surface area contributed by atoms with E-state index in [1.165, 1.54) is 21.0 Å². The maximum absolute atomic E-state index is 12.5. The largest absolute Gasteiger partial charge is 0.419 e. The number of hydrogen-bond acceptors (Lipinski definition) is 5. The Labute approximate surface area is 174 Å². The van der Waals surface area contributed by atoms with Gasteiger partial charge in [0.2, 0.25) is 15.9 Å². The van der Waals surface area contributed by atoms with Crippen LogP contribution < -0.4 is 11.1 Å². The zero-order valence-corrected chi connectivity index (χ0v) is 17.2. The van der Waals surface area contributed by atoms with Crippen LogP contribution in [0, 0.1) is 0 Å². The van der Waals surface area contributed by atoms with E-state index < -0.39 is 15.8 Å². The third-order valence-electron chi connectivity index (χ3n) is 5.20. The zero-order valence-electron chi connectivity index (χ0n) is 16.4. The molecule has 0 radical (unpaired) electrons. The summed E-state index contributed by atoms with van der Waals surface area (Å²) in [4.78, 5) is 24.4. The van der Waals surface area contributed by atoms with Crippen molar-refractivity contribution in [3.63, 3.8) is 0 Å². The first kappa shape index (κ1) is 20.4. The molecule has 0 unspecified atom stereocenters. The summed E-state index contributed by atoms with van der Waals surface area (Å²) < 4.78 is 33.3. The Bertz CT molecular complexity index is 1210. The van der Waals surface area contributed by atoms with Crippen LogP contribution in [0.2, 0.25) is 0 Å². The molecule has 0 aliphatic carbocycles. The lowest BCUT2D eigenvalue weighted by atomic mass is 10.2. The maximum atomic E-state index is 12.5. The van der Waals surface area contributed by atoms with E-state index in [-0.39, 0.29) is 17.2 Å². The maximum Gasteiger partial charge on any atom is 0.419 e. The summed E-state index contributed by atoms with van der Waals surface area (Å²) in [5.41, 5.74) is 1.76. The normalized spacial score (nSPS) is 14.9. The van der Waals surface area contributed by atoms with Gasteiger partial charge in [-0.3, -0.25) is 9.36 Å². The van der Waals surface area contributed by atoms with E-state index in [1.54, 1.807) is 30.3 Å². The predicted octanol–water partition coefficient (Wildman–Crippen LogP) is 2.80. The number of sulfonamides is 1. The second-order valence-corrected chi connectivity index (χ2v) is 9.21. The first-order chi connectivity index (χ1) is 14.4. The van der Waals surface area contributed by atoms with Crippen molar-refractivity contribution >= 4 is 32.7 Å². The number of rotatable bonds is 7. The van der Waals surface area contributed by atoms with Gasteiger partial charge in [0.1, 0.15) is 0 Å². The lowest BCUT2D eigenvalue weighted by Crippen LogP contribution is -2.27. The molecule has 3 aromatic rings. The van der Waals surface area contributed by atoms with Crippen molar-refractivity contribution in [3.8, 4) is 0 Å². The van der Waals surface area contributed by atoms with Gasteiger partial charge in [-0.25, -0.2) is 13.2 Å². The summed E-state index contributed by atoms with van der Waals surface area (Å²) in [5, 5.41) is 2.76. The standard InChI is InChI=1S/C21H23N3O5S/c25-20(8-5-15-24-18-6-1-2-7-19(18)29-21(24)26)22-16-9-11-17(12-10-16)30(27,28)23-13-3-4-14-23/h1-2,6-7,9-12H,3-5,8,13-15H2,(H,22,25). The van der Waals surface area contributed by atoms with E-state index >= 15 is 0 Å². The second kappa shape index (κ2) is 8.45. The van der Waals surface area contributed by atoms with Crippen molar-refractivity contribution in [1.82, 2.24) is 8.87 Å². The molecule has 2 heterocycles. The molecule has 30 heavy (non-hydrogen) atoms. The first-order valence-corrected chi connectivity index (χ1v) is 11.4. The van der Waals surface area contributed by atoms with Crippen LogP contribution in [0.5, 0.6) is 0 Å². The number of hydrogen-bond donors (Lipinski definition) is 1. The van der Waals surface area contributed by atoms with Crippen molar-refractivity contribution in [2.45, 2.75) is 37.1 Å². The van der Waals surface area contributed by atoms with Gasteiger partial charge in [0, 0.05) is 31.7 Å². The van der Waals surface area contributed by atoms with Gasteiger partial charge in [-0.05, 0) is 55.7 Å². The lowest BCUT2D eigenvalue weighted by Gasteiger charge is -2.15. The fourth-order valence-electron chi connectivity index (χ4n) is 3.63. The number of nitrogens with zero attached hydrogens (tertiary/aromatic N) is 2. The minimum absolute atomic E-state index is 0.203. The number of para-hydroxylation sites is 2. The third kappa shape index (κ3) is 4.17. The number of nitrogens with one attached hydrogen (secondary N) is 1. The SMILES string of the molecule is O=C(CCCn1c(=O)oc2ccccc21)Nc1ccc(S(=O)(=O)N2CCCC2)cc1. The summed E-state index contributed by atoms with van der Waals surface area (Å²) in [6.07, 6.45) is 2.46. The fourth-order valence-corrected chi connectivity index (χ4v) is 5.15. The number of benzene rings is 2. The minimum Gasteiger partial charge on any atom is -0.408 e. The van der Waals surface area contributed by atoms with E-state index in [4.69, 9.17) is 4.42 Å². The smallest absolute Gasteiger partial charge is 0.408 e. The van der Waals surface area contributed by atoms with Crippen LogP contribution in [0.1, 0.15) is 25.7 Å². The number of carbonyl (C=O) groups is 1. The molecule has 4 rings (SSSR count). The summed E-state index contributed by atoms with van der Waals surface area (Å²) in [6, 6.07) is 13.4. The Morgan fingerprint density at radius 3 is 2.47 bits per heavy atom. The number of aromatic nitrogens is 1. The molecule has 1 N–H and O–H groups in total. The molecule has 8 nitrogen and oxygen atoms in total. The van der Waals surface area contributed by atoms with Crippen molar-refractivity contribution in [2.24, 2.45) is 0 Å². The summed E-state index contributed by atoms with van der Waals surface area (Å²) in [6.45, 7) is 1.47. The van der Waals surface area contributed by atoms with Gasteiger partial charge in [-0.1, -0.05) is 12.1 Å². The predicted molar refractivity (Wildman–Crippen MR) is 113 cm³/mol. The van der Waals surface area contributed by atoms with E-state index in [1.807, 2.05) is 6.07 Å². The summed E-state index contributed by atoms with van der Waals surface area (Å²) >= 11 is 0. The average molecular weight is 429 g/mol. The van der Waals surface area contributed by atoms with Gasteiger partial charge in [0.25, 0.3) is 0 Å². The van der Waals surface area contributed by atoms with Crippen LogP contribution in [0.15, 0.2) is 62.6 Å². The van der Waals surface area contributed by atoms with Crippen LogP contribution >= 0.6 is 0 Å². The Kier molecular flexibility index (Phi) is 5.74. The number of carbonyl (C=O) groups excluding carboxylic acids is 1. The van der Waals surface area contributed by atoms with Crippen molar-refractivity contribution in [2.75, 3.05) is 18.4 Å². The molecule has 1 aromatic heterocycles. The molecule has 0 atom stereocenters. The number of fused-ring (bicyclic) bond motifs is 1. The fraction of sp³-hybridized carbons (Fsp3) is 0.333. The molecule has 0 bridgehead atoms. The minimum atomic E-state index is -3.47. The highest BCUT2D eigenvalue weighted by molar-refractivity contribution is 7.89. The quantitative estimate of drug-likeness (QED) is 0.622. The molecular formula is C21H23N3O5S. The van der Waals surface area contributed by atoms with E-state index in [2.05, 4.69) is 5.32 Å². The molecule has 0 spiro atoms. The molecular weight excluding hydrogens is 406 g/mol. The highest BCUT2D eigenvalue weighted by Crippen LogP contribution is 2.22. The van der Waals surface area contributed by atoms with Crippen LogP contribution in [0.4, 0.5) is 5.69 Å². The highest BCUT2D eigenvalue weighted by atomic mass is 32.2. The molecule has 0 saturated carbocycles. The molecule has 9 heteroatoms. The monoisotopic (exact) mass is 429 g/mol. The van der Waals surface area contributed by atoms with E-state index in [9.17, 15) is 18.0 Å². The van der Waals surface area contributed by atoms with Gasteiger partial charge in [0.05, 0.1) is 10.4 Å². The number of anilines is 1.